The van der Waals surface area contributed by atoms with E-state index in [1.165, 1.54) is 0 Å². The summed E-state index contributed by atoms with van der Waals surface area (Å²) in [6.45, 7) is 12.4. The fourth-order valence-electron chi connectivity index (χ4n) is 2.24. The molecular formula is C14H28N4O2S. The number of nitrogens with zero attached hydrogens (tertiary/aromatic N) is 1. The Bertz CT molecular complexity index is 549. The van der Waals surface area contributed by atoms with Crippen LogP contribution < -0.4 is 10.0 Å². The molecule has 0 aliphatic rings. The van der Waals surface area contributed by atoms with Crippen LogP contribution >= 0.6 is 0 Å². The monoisotopic (exact) mass is 316 g/mol. The predicted molar refractivity (Wildman–Crippen MR) is 84.5 cm³/mol. The molecule has 0 saturated heterocycles. The minimum Gasteiger partial charge on any atom is -0.310 e. The highest BCUT2D eigenvalue weighted by molar-refractivity contribution is 7.89. The van der Waals surface area contributed by atoms with Crippen LogP contribution in [0, 0.1) is 12.8 Å². The van der Waals surface area contributed by atoms with Crippen molar-refractivity contribution in [2.75, 3.05) is 0 Å². The first-order valence-electron chi connectivity index (χ1n) is 7.43. The van der Waals surface area contributed by atoms with Crippen LogP contribution in [0.15, 0.2) is 5.03 Å². The molecule has 21 heavy (non-hydrogen) atoms. The molecule has 6 nitrogen and oxygen atoms in total. The van der Waals surface area contributed by atoms with Crippen molar-refractivity contribution in [1.29, 1.82) is 0 Å². The van der Waals surface area contributed by atoms with E-state index in [9.17, 15) is 8.42 Å². The Kier molecular flexibility index (Phi) is 6.37. The van der Waals surface area contributed by atoms with Crippen LogP contribution in [-0.4, -0.2) is 30.7 Å². The van der Waals surface area contributed by atoms with Crippen molar-refractivity contribution >= 4 is 10.0 Å². The maximum absolute atomic E-state index is 12.5. The van der Waals surface area contributed by atoms with E-state index in [4.69, 9.17) is 0 Å². The van der Waals surface area contributed by atoms with Gasteiger partial charge in [-0.25, -0.2) is 13.1 Å². The zero-order chi connectivity index (χ0) is 16.2. The van der Waals surface area contributed by atoms with Gasteiger partial charge in [-0.15, -0.1) is 0 Å². The zero-order valence-electron chi connectivity index (χ0n) is 13.8. The van der Waals surface area contributed by atoms with Gasteiger partial charge in [0.2, 0.25) is 0 Å². The van der Waals surface area contributed by atoms with Crippen LogP contribution in [-0.2, 0) is 16.6 Å². The molecule has 1 rings (SSSR count). The number of aromatic amines is 1. The summed E-state index contributed by atoms with van der Waals surface area (Å²) in [6, 6.07) is 0.167. The van der Waals surface area contributed by atoms with Gasteiger partial charge in [0.1, 0.15) is 0 Å². The lowest BCUT2D eigenvalue weighted by Gasteiger charge is -2.16. The molecular weight excluding hydrogens is 288 g/mol. The Balaban J connectivity index is 2.93. The van der Waals surface area contributed by atoms with Gasteiger partial charge in [0.05, 0.1) is 0 Å². The molecule has 0 aliphatic carbocycles. The van der Waals surface area contributed by atoms with Crippen molar-refractivity contribution in [2.45, 2.75) is 71.6 Å². The van der Waals surface area contributed by atoms with E-state index in [0.717, 1.165) is 12.1 Å². The maximum Gasteiger partial charge on any atom is 0.260 e. The molecule has 1 unspecified atom stereocenters. The Labute approximate surface area is 128 Å². The molecule has 0 radical (unpaired) electrons. The fraction of sp³-hybridized carbons (Fsp3) is 0.786. The third kappa shape index (κ3) is 5.41. The highest BCUT2D eigenvalue weighted by Crippen LogP contribution is 2.17. The van der Waals surface area contributed by atoms with Gasteiger partial charge in [-0.2, -0.15) is 5.10 Å². The van der Waals surface area contributed by atoms with E-state index in [2.05, 4.69) is 34.1 Å². The predicted octanol–water partition coefficient (Wildman–Crippen LogP) is 1.93. The second-order valence-corrected chi connectivity index (χ2v) is 7.95. The van der Waals surface area contributed by atoms with E-state index >= 15 is 0 Å². The summed E-state index contributed by atoms with van der Waals surface area (Å²) in [4.78, 5) is 0. The van der Waals surface area contributed by atoms with Gasteiger partial charge in [0.25, 0.3) is 10.0 Å². The largest absolute Gasteiger partial charge is 0.310 e. The van der Waals surface area contributed by atoms with Crippen LogP contribution in [0.5, 0.6) is 0 Å². The molecule has 1 aromatic heterocycles. The normalized spacial score (nSPS) is 14.1. The summed E-state index contributed by atoms with van der Waals surface area (Å²) in [5.41, 5.74) is 1.48. The summed E-state index contributed by atoms with van der Waals surface area (Å²) in [6.07, 6.45) is 0.794. The second-order valence-electron chi connectivity index (χ2n) is 6.32. The van der Waals surface area contributed by atoms with Crippen LogP contribution in [0.4, 0.5) is 0 Å². The third-order valence-electron chi connectivity index (χ3n) is 3.16. The van der Waals surface area contributed by atoms with Crippen molar-refractivity contribution in [2.24, 2.45) is 5.92 Å². The minimum absolute atomic E-state index is 0.101. The highest BCUT2D eigenvalue weighted by Gasteiger charge is 2.25. The first-order chi connectivity index (χ1) is 9.63. The number of rotatable bonds is 8. The van der Waals surface area contributed by atoms with Gasteiger partial charge in [-0.1, -0.05) is 27.7 Å². The summed E-state index contributed by atoms with van der Waals surface area (Å²) >= 11 is 0. The molecule has 1 aromatic rings. The van der Waals surface area contributed by atoms with Crippen molar-refractivity contribution in [3.8, 4) is 0 Å². The second kappa shape index (κ2) is 7.38. The molecule has 0 fully saturated rings. The highest BCUT2D eigenvalue weighted by atomic mass is 32.2. The molecule has 122 valence electrons. The van der Waals surface area contributed by atoms with E-state index in [1.807, 2.05) is 27.7 Å². The molecule has 7 heteroatoms. The number of H-pyrrole nitrogens is 1. The van der Waals surface area contributed by atoms with E-state index in [-0.39, 0.29) is 17.1 Å². The number of aryl methyl sites for hydroxylation is 1. The smallest absolute Gasteiger partial charge is 0.260 e. The number of nitrogens with one attached hydrogen (secondary N) is 3. The Morgan fingerprint density at radius 3 is 2.33 bits per heavy atom. The molecule has 0 amide bonds. The third-order valence-corrected chi connectivity index (χ3v) is 4.72. The van der Waals surface area contributed by atoms with E-state index in [1.54, 1.807) is 0 Å². The van der Waals surface area contributed by atoms with Gasteiger partial charge in [-0.05, 0) is 26.2 Å². The van der Waals surface area contributed by atoms with Crippen molar-refractivity contribution in [3.63, 3.8) is 0 Å². The summed E-state index contributed by atoms with van der Waals surface area (Å²) < 4.78 is 27.7. The molecule has 1 atom stereocenters. The quantitative estimate of drug-likeness (QED) is 0.684. The molecule has 0 saturated carbocycles. The van der Waals surface area contributed by atoms with E-state index < -0.39 is 10.0 Å². The standard InChI is InChI=1S/C14H28N4O2S/c1-9(2)7-11(5)18-21(19,20)14-13(8-15-10(3)4)12(6)16-17-14/h9-11,15,18H,7-8H2,1-6H3,(H,16,17). The molecule has 0 aromatic carbocycles. The SMILES string of the molecule is Cc1[nH]nc(S(=O)(=O)NC(C)CC(C)C)c1CNC(C)C. The molecule has 0 bridgehead atoms. The van der Waals surface area contributed by atoms with Gasteiger partial charge in [0, 0.05) is 29.9 Å². The van der Waals surface area contributed by atoms with Crippen LogP contribution in [0.3, 0.4) is 0 Å². The van der Waals surface area contributed by atoms with Crippen molar-refractivity contribution in [3.05, 3.63) is 11.3 Å². The van der Waals surface area contributed by atoms with Gasteiger partial charge >= 0.3 is 0 Å². The average molecular weight is 316 g/mol. The van der Waals surface area contributed by atoms with Gasteiger partial charge < -0.3 is 5.32 Å². The van der Waals surface area contributed by atoms with Crippen LogP contribution in [0.2, 0.25) is 0 Å². The fourth-order valence-corrected chi connectivity index (χ4v) is 3.70. The lowest BCUT2D eigenvalue weighted by Crippen LogP contribution is -2.34. The zero-order valence-corrected chi connectivity index (χ0v) is 14.6. The summed E-state index contributed by atoms with van der Waals surface area (Å²) in [5.74, 6) is 0.436. The summed E-state index contributed by atoms with van der Waals surface area (Å²) in [5, 5.41) is 10.1. The Hall–Kier alpha value is -0.920. The number of hydrogen-bond donors (Lipinski definition) is 3. The maximum atomic E-state index is 12.5. The van der Waals surface area contributed by atoms with E-state index in [0.29, 0.717) is 18.0 Å². The van der Waals surface area contributed by atoms with Gasteiger partial charge in [-0.3, -0.25) is 5.10 Å². The topological polar surface area (TPSA) is 86.9 Å². The van der Waals surface area contributed by atoms with Crippen LogP contribution in [0.1, 0.15) is 52.3 Å². The summed E-state index contributed by atoms with van der Waals surface area (Å²) in [7, 11) is -3.60. The van der Waals surface area contributed by atoms with Crippen molar-refractivity contribution in [1.82, 2.24) is 20.2 Å². The van der Waals surface area contributed by atoms with Crippen LogP contribution in [0.25, 0.3) is 0 Å². The Morgan fingerprint density at radius 2 is 1.81 bits per heavy atom. The number of aromatic nitrogens is 2. The average Bonchev–Trinajstić information content (AvgIpc) is 2.66. The van der Waals surface area contributed by atoms with Gasteiger partial charge in [0.15, 0.2) is 5.03 Å². The molecule has 1 heterocycles. The minimum atomic E-state index is -3.60. The molecule has 0 aliphatic heterocycles. The number of sulfonamides is 1. The molecule has 3 N–H and O–H groups in total. The first kappa shape index (κ1) is 18.1. The van der Waals surface area contributed by atoms with Crippen molar-refractivity contribution < 1.29 is 8.42 Å². The lowest BCUT2D eigenvalue weighted by atomic mass is 10.1. The molecule has 0 spiro atoms. The lowest BCUT2D eigenvalue weighted by molar-refractivity contribution is 0.480. The Morgan fingerprint density at radius 1 is 1.19 bits per heavy atom. The first-order valence-corrected chi connectivity index (χ1v) is 8.91. The number of hydrogen-bond acceptors (Lipinski definition) is 4.